The fourth-order valence-corrected chi connectivity index (χ4v) is 1.92. The van der Waals surface area contributed by atoms with Crippen LogP contribution in [0.5, 0.6) is 0 Å². The van der Waals surface area contributed by atoms with Crippen molar-refractivity contribution in [1.82, 2.24) is 15.0 Å². The molecule has 1 aromatic heterocycles. The van der Waals surface area contributed by atoms with Crippen LogP contribution < -0.4 is 16.0 Å². The third kappa shape index (κ3) is 12.3. The van der Waals surface area contributed by atoms with Gasteiger partial charge in [-0.15, -0.1) is 0 Å². The maximum atomic E-state index is 5.51. The van der Waals surface area contributed by atoms with Gasteiger partial charge in [0.05, 0.1) is 0 Å². The number of nitrogens with zero attached hydrogens (tertiary/aromatic N) is 3. The van der Waals surface area contributed by atoms with Crippen LogP contribution in [0.15, 0.2) is 0 Å². The molecule has 27 heavy (non-hydrogen) atoms. The molecule has 9 nitrogen and oxygen atoms in total. The van der Waals surface area contributed by atoms with Crippen LogP contribution in [0.2, 0.25) is 0 Å². The van der Waals surface area contributed by atoms with Crippen LogP contribution in [0.3, 0.4) is 0 Å². The zero-order valence-corrected chi connectivity index (χ0v) is 17.1. The van der Waals surface area contributed by atoms with Crippen LogP contribution in [-0.4, -0.2) is 55.0 Å². The monoisotopic (exact) mass is 384 g/mol. The molecule has 0 aromatic carbocycles. The Labute approximate surface area is 163 Å². The summed E-state index contributed by atoms with van der Waals surface area (Å²) in [6.07, 6.45) is 6.39. The number of anilines is 3. The molecule has 0 saturated carbocycles. The molecule has 1 heterocycles. The van der Waals surface area contributed by atoms with E-state index in [0.717, 1.165) is 38.5 Å². The Kier molecular flexibility index (Phi) is 14.2. The molecule has 1 rings (SSSR count). The van der Waals surface area contributed by atoms with Crippen LogP contribution in [-0.2, 0) is 14.2 Å². The van der Waals surface area contributed by atoms with Crippen molar-refractivity contribution in [3.8, 4) is 0 Å². The second-order valence-corrected chi connectivity index (χ2v) is 6.05. The predicted molar refractivity (Wildman–Crippen MR) is 108 cm³/mol. The highest BCUT2D eigenvalue weighted by molar-refractivity contribution is 5.41. The van der Waals surface area contributed by atoms with E-state index in [0.29, 0.717) is 57.9 Å². The van der Waals surface area contributed by atoms with E-state index in [9.17, 15) is 0 Å². The molecule has 0 aliphatic carbocycles. The van der Waals surface area contributed by atoms with Gasteiger partial charge in [-0.2, -0.15) is 15.0 Å². The summed E-state index contributed by atoms with van der Waals surface area (Å²) in [6.45, 7) is 9.57. The van der Waals surface area contributed by atoms with Crippen LogP contribution in [0.1, 0.15) is 59.3 Å². The maximum Gasteiger partial charge on any atom is 0.231 e. The van der Waals surface area contributed by atoms with E-state index in [4.69, 9.17) is 14.2 Å². The normalized spacial score (nSPS) is 10.8. The van der Waals surface area contributed by atoms with E-state index in [1.165, 1.54) is 0 Å². The molecule has 0 amide bonds. The summed E-state index contributed by atoms with van der Waals surface area (Å²) in [7, 11) is 0. The van der Waals surface area contributed by atoms with E-state index in [1.807, 2.05) is 0 Å². The third-order valence-corrected chi connectivity index (χ3v) is 3.56. The van der Waals surface area contributed by atoms with E-state index in [-0.39, 0.29) is 0 Å². The van der Waals surface area contributed by atoms with Gasteiger partial charge >= 0.3 is 0 Å². The molecule has 0 fully saturated rings. The van der Waals surface area contributed by atoms with Gasteiger partial charge in [-0.05, 0) is 19.3 Å². The molecular formula is C18H36N6O3. The van der Waals surface area contributed by atoms with Gasteiger partial charge in [-0.1, -0.05) is 40.0 Å². The van der Waals surface area contributed by atoms with E-state index < -0.39 is 0 Å². The Balaban J connectivity index is 2.52. The minimum absolute atomic E-state index is 0.350. The molecule has 0 aliphatic heterocycles. The quantitative estimate of drug-likeness (QED) is 0.259. The zero-order chi connectivity index (χ0) is 19.6. The van der Waals surface area contributed by atoms with Crippen molar-refractivity contribution in [2.24, 2.45) is 0 Å². The Morgan fingerprint density at radius 3 is 1.11 bits per heavy atom. The van der Waals surface area contributed by atoms with Crippen molar-refractivity contribution in [3.63, 3.8) is 0 Å². The minimum atomic E-state index is 0.350. The summed E-state index contributed by atoms with van der Waals surface area (Å²) >= 11 is 0. The molecule has 0 unspecified atom stereocenters. The summed E-state index contributed by atoms with van der Waals surface area (Å²) in [6, 6.07) is 0. The minimum Gasteiger partial charge on any atom is -0.361 e. The number of hydrogen-bond donors (Lipinski definition) is 3. The van der Waals surface area contributed by atoms with Gasteiger partial charge < -0.3 is 30.2 Å². The molecule has 0 saturated heterocycles. The molecule has 0 radical (unpaired) electrons. The zero-order valence-electron chi connectivity index (χ0n) is 17.1. The summed E-state index contributed by atoms with van der Waals surface area (Å²) in [5.41, 5.74) is 0. The average molecular weight is 385 g/mol. The number of nitrogens with one attached hydrogen (secondary N) is 3. The van der Waals surface area contributed by atoms with Crippen molar-refractivity contribution < 1.29 is 14.2 Å². The van der Waals surface area contributed by atoms with Crippen molar-refractivity contribution in [3.05, 3.63) is 0 Å². The number of ether oxygens (including phenoxy) is 3. The fraction of sp³-hybridized carbons (Fsp3) is 0.833. The first-order valence-corrected chi connectivity index (χ1v) is 10.0. The molecule has 0 atom stereocenters. The second-order valence-electron chi connectivity index (χ2n) is 6.05. The van der Waals surface area contributed by atoms with Crippen LogP contribution in [0.25, 0.3) is 0 Å². The van der Waals surface area contributed by atoms with Gasteiger partial charge in [0.2, 0.25) is 17.8 Å². The van der Waals surface area contributed by atoms with Crippen molar-refractivity contribution >= 4 is 17.8 Å². The molecular weight excluding hydrogens is 348 g/mol. The first-order chi connectivity index (χ1) is 13.3. The van der Waals surface area contributed by atoms with Crippen LogP contribution in [0, 0.1) is 0 Å². The van der Waals surface area contributed by atoms with Crippen molar-refractivity contribution in [2.45, 2.75) is 59.3 Å². The van der Waals surface area contributed by atoms with Crippen molar-refractivity contribution in [2.75, 3.05) is 56.0 Å². The topological polar surface area (TPSA) is 102 Å². The van der Waals surface area contributed by atoms with E-state index in [1.54, 1.807) is 0 Å². The van der Waals surface area contributed by atoms with Gasteiger partial charge in [0.25, 0.3) is 0 Å². The third-order valence-electron chi connectivity index (χ3n) is 3.56. The highest BCUT2D eigenvalue weighted by atomic mass is 16.5. The number of hydrogen-bond acceptors (Lipinski definition) is 9. The number of rotatable bonds is 18. The fourth-order valence-electron chi connectivity index (χ4n) is 1.92. The first-order valence-electron chi connectivity index (χ1n) is 10.0. The molecule has 3 N–H and O–H groups in total. The van der Waals surface area contributed by atoms with Crippen LogP contribution >= 0.6 is 0 Å². The highest BCUT2D eigenvalue weighted by Gasteiger charge is 2.06. The van der Waals surface area contributed by atoms with Gasteiger partial charge in [0, 0.05) is 19.8 Å². The lowest BCUT2D eigenvalue weighted by atomic mass is 10.4. The Hall–Kier alpha value is -1.71. The largest absolute Gasteiger partial charge is 0.361 e. The molecule has 0 spiro atoms. The average Bonchev–Trinajstić information content (AvgIpc) is 2.67. The first kappa shape index (κ1) is 23.3. The van der Waals surface area contributed by atoms with Gasteiger partial charge in [0.1, 0.15) is 20.2 Å². The summed E-state index contributed by atoms with van der Waals surface area (Å²) in [4.78, 5) is 13.0. The van der Waals surface area contributed by atoms with E-state index in [2.05, 4.69) is 51.7 Å². The molecule has 0 aliphatic rings. The summed E-state index contributed by atoms with van der Waals surface area (Å²) < 4.78 is 16.5. The van der Waals surface area contributed by atoms with Gasteiger partial charge in [-0.3, -0.25) is 0 Å². The number of unbranched alkanes of at least 4 members (excludes halogenated alkanes) is 3. The van der Waals surface area contributed by atoms with Crippen molar-refractivity contribution in [1.29, 1.82) is 0 Å². The second kappa shape index (κ2) is 16.5. The molecule has 156 valence electrons. The summed E-state index contributed by atoms with van der Waals surface area (Å²) in [5.74, 6) is 1.32. The predicted octanol–water partition coefficient (Wildman–Crippen LogP) is 3.43. The molecule has 9 heteroatoms. The van der Waals surface area contributed by atoms with E-state index >= 15 is 0 Å². The van der Waals surface area contributed by atoms with Gasteiger partial charge in [0.15, 0.2) is 0 Å². The van der Waals surface area contributed by atoms with Crippen LogP contribution in [0.4, 0.5) is 17.8 Å². The highest BCUT2D eigenvalue weighted by Crippen LogP contribution is 2.09. The Morgan fingerprint density at radius 2 is 0.852 bits per heavy atom. The lowest BCUT2D eigenvalue weighted by Crippen LogP contribution is -2.17. The lowest BCUT2D eigenvalue weighted by molar-refractivity contribution is 0.147. The maximum absolute atomic E-state index is 5.51. The van der Waals surface area contributed by atoms with Gasteiger partial charge in [-0.25, -0.2) is 0 Å². The number of aromatic nitrogens is 3. The smallest absolute Gasteiger partial charge is 0.231 e. The lowest BCUT2D eigenvalue weighted by Gasteiger charge is -2.12. The SMILES string of the molecule is CCCCOCNc1nc(NCOCCCC)nc(NCOCCCC)n1. The summed E-state index contributed by atoms with van der Waals surface area (Å²) in [5, 5.41) is 9.18. The standard InChI is InChI=1S/C18H36N6O3/c1-4-7-10-25-13-19-16-22-17(20-14-26-11-8-5-2)24-18(23-16)21-15-27-12-9-6-3/h4-15H2,1-3H3,(H3,19,20,21,22,23,24). The molecule has 0 bridgehead atoms. The Bertz CT molecular complexity index is 399. The Morgan fingerprint density at radius 1 is 0.556 bits per heavy atom. The molecule has 1 aromatic rings.